The third-order valence-corrected chi connectivity index (χ3v) is 4.37. The van der Waals surface area contributed by atoms with Crippen LogP contribution in [0.1, 0.15) is 24.5 Å². The lowest BCUT2D eigenvalue weighted by atomic mass is 9.91. The van der Waals surface area contributed by atoms with Gasteiger partial charge < -0.3 is 10.0 Å². The van der Waals surface area contributed by atoms with Crippen LogP contribution in [0, 0.1) is 0 Å². The average molecular weight is 318 g/mol. The highest BCUT2D eigenvalue weighted by molar-refractivity contribution is 6.30. The van der Waals surface area contributed by atoms with Crippen LogP contribution in [-0.2, 0) is 0 Å². The molecule has 1 aliphatic heterocycles. The molecule has 2 heterocycles. The summed E-state index contributed by atoms with van der Waals surface area (Å²) in [6, 6.07) is 7.76. The Morgan fingerprint density at radius 2 is 2.14 bits per heavy atom. The number of aliphatic hydroxyl groups excluding tert-OH is 1. The molecule has 0 aliphatic carbocycles. The minimum absolute atomic E-state index is 0.203. The van der Waals surface area contributed by atoms with Gasteiger partial charge in [0.05, 0.1) is 18.0 Å². The summed E-state index contributed by atoms with van der Waals surface area (Å²) >= 11 is 6.11. The molecule has 1 aliphatic rings. The summed E-state index contributed by atoms with van der Waals surface area (Å²) in [5, 5.41) is 9.86. The number of halogens is 1. The summed E-state index contributed by atoms with van der Waals surface area (Å²) in [6.07, 6.45) is 5.72. The van der Waals surface area contributed by atoms with E-state index in [2.05, 4.69) is 14.9 Å². The normalized spacial score (nSPS) is 19.3. The first-order valence-corrected chi connectivity index (χ1v) is 8.06. The van der Waals surface area contributed by atoms with Gasteiger partial charge in [-0.15, -0.1) is 0 Å². The minimum atomic E-state index is 0.203. The van der Waals surface area contributed by atoms with Crippen LogP contribution in [0.5, 0.6) is 0 Å². The molecule has 0 radical (unpaired) electrons. The van der Waals surface area contributed by atoms with E-state index in [0.29, 0.717) is 10.9 Å². The van der Waals surface area contributed by atoms with E-state index in [4.69, 9.17) is 16.7 Å². The molecule has 1 atom stereocenters. The van der Waals surface area contributed by atoms with Gasteiger partial charge in [-0.3, -0.25) is 9.97 Å². The van der Waals surface area contributed by atoms with Gasteiger partial charge >= 0.3 is 0 Å². The second kappa shape index (κ2) is 7.18. The molecule has 0 bridgehead atoms. The molecule has 22 heavy (non-hydrogen) atoms. The van der Waals surface area contributed by atoms with Gasteiger partial charge in [0.1, 0.15) is 0 Å². The van der Waals surface area contributed by atoms with E-state index in [9.17, 15) is 0 Å². The van der Waals surface area contributed by atoms with Crippen LogP contribution in [0.15, 0.2) is 36.7 Å². The van der Waals surface area contributed by atoms with Crippen LogP contribution in [-0.4, -0.2) is 46.2 Å². The van der Waals surface area contributed by atoms with Crippen molar-refractivity contribution in [1.29, 1.82) is 0 Å². The monoisotopic (exact) mass is 317 g/mol. The van der Waals surface area contributed by atoms with Crippen LogP contribution in [0.25, 0.3) is 11.3 Å². The number of piperidine rings is 1. The maximum Gasteiger partial charge on any atom is 0.0921 e. The van der Waals surface area contributed by atoms with Crippen molar-refractivity contribution in [2.45, 2.75) is 18.8 Å². The second-order valence-corrected chi connectivity index (χ2v) is 6.10. The molecule has 0 amide bonds. The van der Waals surface area contributed by atoms with Crippen molar-refractivity contribution in [2.75, 3.05) is 26.2 Å². The number of rotatable bonds is 4. The summed E-state index contributed by atoms with van der Waals surface area (Å²) in [7, 11) is 0. The molecule has 1 fully saturated rings. The number of hydrogen-bond acceptors (Lipinski definition) is 4. The highest BCUT2D eigenvalue weighted by Crippen LogP contribution is 2.32. The Morgan fingerprint density at radius 1 is 1.27 bits per heavy atom. The molecule has 0 saturated carbocycles. The Bertz CT molecular complexity index is 633. The van der Waals surface area contributed by atoms with E-state index in [-0.39, 0.29) is 6.61 Å². The van der Waals surface area contributed by atoms with Gasteiger partial charge in [0, 0.05) is 42.0 Å². The lowest BCUT2D eigenvalue weighted by Gasteiger charge is -2.32. The third-order valence-electron chi connectivity index (χ3n) is 4.13. The van der Waals surface area contributed by atoms with Crippen molar-refractivity contribution in [3.05, 3.63) is 47.4 Å². The van der Waals surface area contributed by atoms with Gasteiger partial charge in [0.2, 0.25) is 0 Å². The molecular formula is C17H20ClN3O. The fourth-order valence-corrected chi connectivity index (χ4v) is 3.32. The largest absolute Gasteiger partial charge is 0.395 e. The molecular weight excluding hydrogens is 298 g/mol. The van der Waals surface area contributed by atoms with Crippen molar-refractivity contribution in [2.24, 2.45) is 0 Å². The topological polar surface area (TPSA) is 49.2 Å². The highest BCUT2D eigenvalue weighted by atomic mass is 35.5. The Kier molecular flexibility index (Phi) is 5.03. The molecule has 1 N–H and O–H groups in total. The number of β-amino-alcohol motifs (C(OH)–C–C–N with tert-alkyl or cyclic N) is 1. The van der Waals surface area contributed by atoms with E-state index in [1.165, 1.54) is 0 Å². The van der Waals surface area contributed by atoms with Gasteiger partial charge in [-0.2, -0.15) is 0 Å². The number of benzene rings is 1. The van der Waals surface area contributed by atoms with Gasteiger partial charge in [-0.05, 0) is 31.5 Å². The maximum atomic E-state index is 9.15. The summed E-state index contributed by atoms with van der Waals surface area (Å²) in [6.45, 7) is 2.90. The molecule has 1 unspecified atom stereocenters. The van der Waals surface area contributed by atoms with E-state index >= 15 is 0 Å². The van der Waals surface area contributed by atoms with Crippen LogP contribution < -0.4 is 0 Å². The number of hydrogen-bond donors (Lipinski definition) is 1. The molecule has 5 heteroatoms. The van der Waals surface area contributed by atoms with E-state index < -0.39 is 0 Å². The fraction of sp³-hybridized carbons (Fsp3) is 0.412. The smallest absolute Gasteiger partial charge is 0.0921 e. The standard InChI is InChI=1S/C17H20ClN3O/c18-15-5-1-3-13(11-15)16-17(20-7-6-19-16)14-4-2-8-21(12-14)9-10-22/h1,3,5-7,11,14,22H,2,4,8-10,12H2. The predicted molar refractivity (Wildman–Crippen MR) is 88.0 cm³/mol. The zero-order valence-electron chi connectivity index (χ0n) is 12.5. The summed E-state index contributed by atoms with van der Waals surface area (Å²) in [5.41, 5.74) is 2.96. The average Bonchev–Trinajstić information content (AvgIpc) is 2.55. The van der Waals surface area contributed by atoms with E-state index in [0.717, 1.165) is 49.4 Å². The van der Waals surface area contributed by atoms with Crippen LogP contribution in [0.4, 0.5) is 0 Å². The summed E-state index contributed by atoms with van der Waals surface area (Å²) in [4.78, 5) is 11.5. The minimum Gasteiger partial charge on any atom is -0.395 e. The van der Waals surface area contributed by atoms with Crippen molar-refractivity contribution in [1.82, 2.24) is 14.9 Å². The molecule has 0 spiro atoms. The summed E-state index contributed by atoms with van der Waals surface area (Å²) in [5.74, 6) is 0.350. The molecule has 116 valence electrons. The van der Waals surface area contributed by atoms with Crippen molar-refractivity contribution >= 4 is 11.6 Å². The Balaban J connectivity index is 1.91. The number of nitrogens with zero attached hydrogens (tertiary/aromatic N) is 3. The molecule has 3 rings (SSSR count). The zero-order chi connectivity index (χ0) is 15.4. The van der Waals surface area contributed by atoms with E-state index in [1.807, 2.05) is 24.3 Å². The van der Waals surface area contributed by atoms with Crippen LogP contribution >= 0.6 is 11.6 Å². The Labute approximate surface area is 135 Å². The molecule has 2 aromatic rings. The Morgan fingerprint density at radius 3 is 2.95 bits per heavy atom. The maximum absolute atomic E-state index is 9.15. The van der Waals surface area contributed by atoms with Gasteiger partial charge in [-0.25, -0.2) is 0 Å². The quantitative estimate of drug-likeness (QED) is 0.942. The summed E-state index contributed by atoms with van der Waals surface area (Å²) < 4.78 is 0. The first kappa shape index (κ1) is 15.4. The van der Waals surface area contributed by atoms with Gasteiger partial charge in [0.25, 0.3) is 0 Å². The van der Waals surface area contributed by atoms with E-state index in [1.54, 1.807) is 12.4 Å². The lowest BCUT2D eigenvalue weighted by molar-refractivity contribution is 0.160. The van der Waals surface area contributed by atoms with Crippen LogP contribution in [0.3, 0.4) is 0 Å². The molecule has 1 saturated heterocycles. The van der Waals surface area contributed by atoms with Gasteiger partial charge in [0.15, 0.2) is 0 Å². The molecule has 1 aromatic heterocycles. The SMILES string of the molecule is OCCN1CCCC(c2nccnc2-c2cccc(Cl)c2)C1. The van der Waals surface area contributed by atoms with Crippen molar-refractivity contribution in [3.8, 4) is 11.3 Å². The molecule has 1 aromatic carbocycles. The van der Waals surface area contributed by atoms with Gasteiger partial charge in [-0.1, -0.05) is 23.7 Å². The predicted octanol–water partition coefficient (Wildman–Crippen LogP) is 2.97. The fourth-order valence-electron chi connectivity index (χ4n) is 3.13. The lowest BCUT2D eigenvalue weighted by Crippen LogP contribution is -2.36. The number of aliphatic hydroxyl groups is 1. The Hall–Kier alpha value is -1.49. The van der Waals surface area contributed by atoms with Crippen molar-refractivity contribution < 1.29 is 5.11 Å². The number of likely N-dealkylation sites (tertiary alicyclic amines) is 1. The third kappa shape index (κ3) is 3.46. The zero-order valence-corrected chi connectivity index (χ0v) is 13.2. The molecule has 4 nitrogen and oxygen atoms in total. The second-order valence-electron chi connectivity index (χ2n) is 5.66. The van der Waals surface area contributed by atoms with Crippen LogP contribution in [0.2, 0.25) is 5.02 Å². The number of aromatic nitrogens is 2. The first-order valence-electron chi connectivity index (χ1n) is 7.68. The highest BCUT2D eigenvalue weighted by Gasteiger charge is 2.25. The first-order chi connectivity index (χ1) is 10.8. The van der Waals surface area contributed by atoms with Crippen molar-refractivity contribution in [3.63, 3.8) is 0 Å².